The quantitative estimate of drug-likeness (QED) is 0.880. The standard InChI is InChI=1S/C14H21N5O/c1-20-9-8-18-11-12(10-16-18)17-14-15-6-7-19(14)13-4-2-3-5-13/h6-7,10-11,13H,2-5,8-9H2,1H3,(H,15,17). The van der Waals surface area contributed by atoms with Crippen molar-refractivity contribution in [2.75, 3.05) is 19.0 Å². The van der Waals surface area contributed by atoms with Gasteiger partial charge in [-0.1, -0.05) is 12.8 Å². The number of imidazole rings is 1. The summed E-state index contributed by atoms with van der Waals surface area (Å²) in [5, 5.41) is 7.65. The third-order valence-electron chi connectivity index (χ3n) is 3.80. The Morgan fingerprint density at radius 2 is 2.25 bits per heavy atom. The summed E-state index contributed by atoms with van der Waals surface area (Å²) in [6, 6.07) is 0.587. The Morgan fingerprint density at radius 3 is 3.05 bits per heavy atom. The van der Waals surface area contributed by atoms with Crippen LogP contribution in [0.2, 0.25) is 0 Å². The lowest BCUT2D eigenvalue weighted by molar-refractivity contribution is 0.183. The van der Waals surface area contributed by atoms with Crippen LogP contribution in [0.25, 0.3) is 0 Å². The summed E-state index contributed by atoms with van der Waals surface area (Å²) < 4.78 is 9.17. The minimum absolute atomic E-state index is 0.587. The highest BCUT2D eigenvalue weighted by molar-refractivity contribution is 5.51. The molecule has 2 aromatic heterocycles. The fraction of sp³-hybridized carbons (Fsp3) is 0.571. The molecule has 0 aromatic carbocycles. The number of rotatable bonds is 6. The van der Waals surface area contributed by atoms with Gasteiger partial charge < -0.3 is 14.6 Å². The number of nitrogens with one attached hydrogen (secondary N) is 1. The molecule has 0 saturated heterocycles. The van der Waals surface area contributed by atoms with Crippen LogP contribution >= 0.6 is 0 Å². The summed E-state index contributed by atoms with van der Waals surface area (Å²) in [7, 11) is 1.70. The molecule has 1 aliphatic carbocycles. The van der Waals surface area contributed by atoms with E-state index in [1.54, 1.807) is 7.11 Å². The molecule has 20 heavy (non-hydrogen) atoms. The van der Waals surface area contributed by atoms with Gasteiger partial charge in [0.1, 0.15) is 0 Å². The van der Waals surface area contributed by atoms with Gasteiger partial charge in [-0.3, -0.25) is 4.68 Å². The Bertz CT molecular complexity index is 541. The number of aromatic nitrogens is 4. The van der Waals surface area contributed by atoms with Crippen molar-refractivity contribution in [2.24, 2.45) is 0 Å². The van der Waals surface area contributed by atoms with Crippen LogP contribution in [0.3, 0.4) is 0 Å². The lowest BCUT2D eigenvalue weighted by Gasteiger charge is -2.14. The maximum atomic E-state index is 5.05. The van der Waals surface area contributed by atoms with E-state index in [4.69, 9.17) is 4.74 Å². The van der Waals surface area contributed by atoms with Crippen LogP contribution in [0.4, 0.5) is 11.6 Å². The molecular formula is C14H21N5O. The van der Waals surface area contributed by atoms with Crippen LogP contribution in [0, 0.1) is 0 Å². The molecule has 1 aliphatic rings. The van der Waals surface area contributed by atoms with E-state index in [1.165, 1.54) is 25.7 Å². The van der Waals surface area contributed by atoms with Gasteiger partial charge in [0, 0.05) is 31.7 Å². The first-order chi connectivity index (χ1) is 9.86. The Kier molecular flexibility index (Phi) is 4.01. The van der Waals surface area contributed by atoms with Crippen molar-refractivity contribution in [2.45, 2.75) is 38.3 Å². The Labute approximate surface area is 118 Å². The van der Waals surface area contributed by atoms with Crippen molar-refractivity contribution < 1.29 is 4.74 Å². The van der Waals surface area contributed by atoms with Gasteiger partial charge in [0.2, 0.25) is 5.95 Å². The third-order valence-corrected chi connectivity index (χ3v) is 3.80. The molecule has 0 spiro atoms. The van der Waals surface area contributed by atoms with Crippen molar-refractivity contribution >= 4 is 11.6 Å². The SMILES string of the molecule is COCCn1cc(Nc2nccn2C2CCCC2)cn1. The van der Waals surface area contributed by atoms with Gasteiger partial charge in [0.25, 0.3) is 0 Å². The van der Waals surface area contributed by atoms with Crippen molar-refractivity contribution in [1.29, 1.82) is 0 Å². The maximum Gasteiger partial charge on any atom is 0.207 e. The van der Waals surface area contributed by atoms with Gasteiger partial charge in [-0.15, -0.1) is 0 Å². The van der Waals surface area contributed by atoms with Crippen LogP contribution in [0.1, 0.15) is 31.7 Å². The monoisotopic (exact) mass is 275 g/mol. The molecule has 2 aromatic rings. The molecule has 6 nitrogen and oxygen atoms in total. The Balaban J connectivity index is 1.68. The predicted molar refractivity (Wildman–Crippen MR) is 77.1 cm³/mol. The molecule has 0 amide bonds. The second kappa shape index (κ2) is 6.09. The number of anilines is 2. The summed E-state index contributed by atoms with van der Waals surface area (Å²) >= 11 is 0. The molecule has 0 bridgehead atoms. The Hall–Kier alpha value is -1.82. The third kappa shape index (κ3) is 2.85. The van der Waals surface area contributed by atoms with E-state index in [9.17, 15) is 0 Å². The van der Waals surface area contributed by atoms with Gasteiger partial charge >= 0.3 is 0 Å². The van der Waals surface area contributed by atoms with Crippen LogP contribution in [0.15, 0.2) is 24.8 Å². The fourth-order valence-electron chi connectivity index (χ4n) is 2.75. The maximum absolute atomic E-state index is 5.05. The topological polar surface area (TPSA) is 56.9 Å². The highest BCUT2D eigenvalue weighted by Crippen LogP contribution is 2.32. The summed E-state index contributed by atoms with van der Waals surface area (Å²) in [6.07, 6.45) is 12.9. The summed E-state index contributed by atoms with van der Waals surface area (Å²) in [5.74, 6) is 0.906. The summed E-state index contributed by atoms with van der Waals surface area (Å²) in [6.45, 7) is 1.42. The van der Waals surface area contributed by atoms with Gasteiger partial charge in [-0.25, -0.2) is 4.98 Å². The molecule has 1 fully saturated rings. The molecule has 3 rings (SSSR count). The highest BCUT2D eigenvalue weighted by atomic mass is 16.5. The molecule has 0 aliphatic heterocycles. The number of hydrogen-bond acceptors (Lipinski definition) is 4. The van der Waals surface area contributed by atoms with E-state index in [1.807, 2.05) is 23.3 Å². The fourth-order valence-corrected chi connectivity index (χ4v) is 2.75. The molecule has 0 unspecified atom stereocenters. The van der Waals surface area contributed by atoms with Gasteiger partial charge in [0.15, 0.2) is 0 Å². The molecule has 2 heterocycles. The molecule has 0 radical (unpaired) electrons. The first-order valence-electron chi connectivity index (χ1n) is 7.18. The second-order valence-electron chi connectivity index (χ2n) is 5.21. The normalized spacial score (nSPS) is 15.8. The van der Waals surface area contributed by atoms with Gasteiger partial charge in [-0.05, 0) is 12.8 Å². The van der Waals surface area contributed by atoms with E-state index in [0.29, 0.717) is 12.6 Å². The van der Waals surface area contributed by atoms with Gasteiger partial charge in [-0.2, -0.15) is 5.10 Å². The minimum atomic E-state index is 0.587. The van der Waals surface area contributed by atoms with Crippen molar-refractivity contribution in [3.05, 3.63) is 24.8 Å². The molecule has 0 atom stereocenters. The van der Waals surface area contributed by atoms with Crippen LogP contribution in [-0.4, -0.2) is 33.0 Å². The van der Waals surface area contributed by atoms with E-state index >= 15 is 0 Å². The molecule has 6 heteroatoms. The lowest BCUT2D eigenvalue weighted by Crippen LogP contribution is -2.07. The van der Waals surface area contributed by atoms with Gasteiger partial charge in [0.05, 0.1) is 25.0 Å². The zero-order valence-corrected chi connectivity index (χ0v) is 11.8. The smallest absolute Gasteiger partial charge is 0.207 e. The van der Waals surface area contributed by atoms with Crippen LogP contribution in [-0.2, 0) is 11.3 Å². The van der Waals surface area contributed by atoms with E-state index in [0.717, 1.165) is 18.2 Å². The van der Waals surface area contributed by atoms with E-state index in [-0.39, 0.29) is 0 Å². The molecular weight excluding hydrogens is 254 g/mol. The predicted octanol–water partition coefficient (Wildman–Crippen LogP) is 2.58. The minimum Gasteiger partial charge on any atom is -0.383 e. The molecule has 108 valence electrons. The summed E-state index contributed by atoms with van der Waals surface area (Å²) in [5.41, 5.74) is 0.964. The zero-order valence-electron chi connectivity index (χ0n) is 11.8. The second-order valence-corrected chi connectivity index (χ2v) is 5.21. The summed E-state index contributed by atoms with van der Waals surface area (Å²) in [4.78, 5) is 4.42. The Morgan fingerprint density at radius 1 is 1.40 bits per heavy atom. The van der Waals surface area contributed by atoms with E-state index in [2.05, 4.69) is 26.2 Å². The number of ether oxygens (including phenoxy) is 1. The van der Waals surface area contributed by atoms with Crippen LogP contribution < -0.4 is 5.32 Å². The highest BCUT2D eigenvalue weighted by Gasteiger charge is 2.19. The van der Waals surface area contributed by atoms with Crippen molar-refractivity contribution in [3.8, 4) is 0 Å². The first kappa shape index (κ1) is 13.2. The van der Waals surface area contributed by atoms with Crippen molar-refractivity contribution in [1.82, 2.24) is 19.3 Å². The number of nitrogens with zero attached hydrogens (tertiary/aromatic N) is 4. The largest absolute Gasteiger partial charge is 0.383 e. The van der Waals surface area contributed by atoms with Crippen molar-refractivity contribution in [3.63, 3.8) is 0 Å². The van der Waals surface area contributed by atoms with E-state index < -0.39 is 0 Å². The zero-order chi connectivity index (χ0) is 13.8. The number of methoxy groups -OCH3 is 1. The van der Waals surface area contributed by atoms with Crippen LogP contribution in [0.5, 0.6) is 0 Å². The lowest BCUT2D eigenvalue weighted by atomic mass is 10.2. The number of hydrogen-bond donors (Lipinski definition) is 1. The first-order valence-corrected chi connectivity index (χ1v) is 7.18. The molecule has 1 saturated carbocycles. The molecule has 1 N–H and O–H groups in total. The average molecular weight is 275 g/mol. The average Bonchev–Trinajstić information content (AvgIpc) is 3.18.